The van der Waals surface area contributed by atoms with E-state index in [1.54, 1.807) is 5.38 Å². The van der Waals surface area contributed by atoms with Crippen LogP contribution in [0.4, 0.5) is 0 Å². The van der Waals surface area contributed by atoms with E-state index in [2.05, 4.69) is 16.1 Å². The Kier molecular flexibility index (Phi) is 3.01. The predicted molar refractivity (Wildman–Crippen MR) is 60.8 cm³/mol. The molecule has 1 radical (unpaired) electrons. The molecule has 0 atom stereocenters. The van der Waals surface area contributed by atoms with Crippen molar-refractivity contribution in [2.24, 2.45) is 5.73 Å². The number of hydrogen-bond donors (Lipinski definition) is 1. The highest BCUT2D eigenvalue weighted by Crippen LogP contribution is 2.11. The molecule has 2 rings (SSSR count). The van der Waals surface area contributed by atoms with Gasteiger partial charge in [-0.15, -0.1) is 11.3 Å². The molecule has 2 aromatic rings. The number of Topliss-reactive ketones (excluding diaryl/α,β-unsaturated/α-hetero) is 1. The molecule has 0 fully saturated rings. The van der Waals surface area contributed by atoms with E-state index < -0.39 is 5.91 Å². The number of carbonyl (C=O) groups excluding carboxylic acids is 2. The number of hydrogen-bond acceptors (Lipinski definition) is 5. The summed E-state index contributed by atoms with van der Waals surface area (Å²) < 4.78 is 1.50. The fourth-order valence-electron chi connectivity index (χ4n) is 1.21. The van der Waals surface area contributed by atoms with Gasteiger partial charge in [0.05, 0.1) is 6.54 Å². The maximum atomic E-state index is 11.1. The van der Waals surface area contributed by atoms with Crippen molar-refractivity contribution >= 4 is 23.0 Å². The fourth-order valence-corrected chi connectivity index (χ4v) is 2.03. The Morgan fingerprint density at radius 1 is 1.59 bits per heavy atom. The molecule has 1 amide bonds. The zero-order chi connectivity index (χ0) is 12.4. The second-order valence-corrected chi connectivity index (χ2v) is 4.31. The van der Waals surface area contributed by atoms with Crippen LogP contribution in [-0.2, 0) is 6.54 Å². The van der Waals surface area contributed by atoms with Gasteiger partial charge < -0.3 is 5.73 Å². The van der Waals surface area contributed by atoms with Crippen molar-refractivity contribution in [2.45, 2.75) is 13.5 Å². The molecule has 0 aromatic carbocycles. The molecule has 0 spiro atoms. The zero-order valence-electron chi connectivity index (χ0n) is 9.01. The summed E-state index contributed by atoms with van der Waals surface area (Å²) >= 11 is 1.37. The summed E-state index contributed by atoms with van der Waals surface area (Å²) in [7, 11) is 0. The van der Waals surface area contributed by atoms with Crippen LogP contribution in [0.5, 0.6) is 0 Å². The largest absolute Gasteiger partial charge is 0.364 e. The molecule has 0 saturated heterocycles. The number of thiazole rings is 1. The average Bonchev–Trinajstić information content (AvgIpc) is 2.87. The SMILES string of the molecule is CC(=O)c1csc(Cn2c[c]c(C(N)=O)n2)n1. The van der Waals surface area contributed by atoms with E-state index in [0.29, 0.717) is 12.2 Å². The van der Waals surface area contributed by atoms with Gasteiger partial charge in [-0.1, -0.05) is 0 Å². The average molecular weight is 249 g/mol. The van der Waals surface area contributed by atoms with Gasteiger partial charge in [0.1, 0.15) is 10.7 Å². The first-order valence-corrected chi connectivity index (χ1v) is 5.64. The quantitative estimate of drug-likeness (QED) is 0.798. The molecule has 0 unspecified atom stereocenters. The normalized spacial score (nSPS) is 10.4. The lowest BCUT2D eigenvalue weighted by atomic mass is 10.4. The summed E-state index contributed by atoms with van der Waals surface area (Å²) in [5.74, 6) is -0.690. The van der Waals surface area contributed by atoms with E-state index in [9.17, 15) is 9.59 Å². The van der Waals surface area contributed by atoms with Gasteiger partial charge in [-0.2, -0.15) is 5.10 Å². The molecule has 0 bridgehead atoms. The maximum Gasteiger partial charge on any atom is 0.269 e. The molecule has 0 aliphatic rings. The smallest absolute Gasteiger partial charge is 0.269 e. The number of rotatable bonds is 4. The van der Waals surface area contributed by atoms with Crippen LogP contribution in [0.2, 0.25) is 0 Å². The standard InChI is InChI=1S/C10H9N4O2S/c1-6(15)8-5-17-9(12-8)4-14-3-2-7(13-14)10(11)16/h3,5H,4H2,1H3,(H2,11,16). The Labute approximate surface area is 101 Å². The van der Waals surface area contributed by atoms with Gasteiger partial charge in [0, 0.05) is 24.6 Å². The van der Waals surface area contributed by atoms with E-state index in [1.807, 2.05) is 0 Å². The lowest BCUT2D eigenvalue weighted by Crippen LogP contribution is -2.12. The van der Waals surface area contributed by atoms with Crippen molar-refractivity contribution in [1.82, 2.24) is 14.8 Å². The Hall–Kier alpha value is -2.02. The maximum absolute atomic E-state index is 11.1. The third-order valence-electron chi connectivity index (χ3n) is 2.02. The molecule has 17 heavy (non-hydrogen) atoms. The molecule has 0 aliphatic carbocycles. The highest BCUT2D eigenvalue weighted by atomic mass is 32.1. The predicted octanol–water partition coefficient (Wildman–Crippen LogP) is 0.490. The van der Waals surface area contributed by atoms with E-state index in [-0.39, 0.29) is 11.5 Å². The molecule has 7 heteroatoms. The van der Waals surface area contributed by atoms with Gasteiger partial charge in [0.15, 0.2) is 11.5 Å². The number of nitrogens with zero attached hydrogens (tertiary/aromatic N) is 3. The number of carbonyl (C=O) groups is 2. The van der Waals surface area contributed by atoms with Crippen LogP contribution in [0.3, 0.4) is 0 Å². The Balaban J connectivity index is 2.13. The van der Waals surface area contributed by atoms with Crippen LogP contribution in [-0.4, -0.2) is 26.5 Å². The molecule has 87 valence electrons. The summed E-state index contributed by atoms with van der Waals surface area (Å²) in [6.45, 7) is 1.85. The van der Waals surface area contributed by atoms with Gasteiger partial charge in [-0.25, -0.2) is 4.98 Å². The first kappa shape index (κ1) is 11.5. The lowest BCUT2D eigenvalue weighted by molar-refractivity contribution is 0.0991. The van der Waals surface area contributed by atoms with Crippen LogP contribution in [0, 0.1) is 6.07 Å². The number of ketones is 1. The topological polar surface area (TPSA) is 90.9 Å². The molecule has 2 aromatic heterocycles. The highest BCUT2D eigenvalue weighted by Gasteiger charge is 2.09. The fraction of sp³-hybridized carbons (Fsp3) is 0.200. The van der Waals surface area contributed by atoms with Gasteiger partial charge in [0.25, 0.3) is 5.91 Å². The number of nitrogens with two attached hydrogens (primary N) is 1. The number of primary amides is 1. The third-order valence-corrected chi connectivity index (χ3v) is 2.86. The van der Waals surface area contributed by atoms with Gasteiger partial charge in [0.2, 0.25) is 0 Å². The van der Waals surface area contributed by atoms with E-state index in [1.165, 1.54) is 29.1 Å². The van der Waals surface area contributed by atoms with Crippen molar-refractivity contribution in [1.29, 1.82) is 0 Å². The van der Waals surface area contributed by atoms with Gasteiger partial charge >= 0.3 is 0 Å². The van der Waals surface area contributed by atoms with E-state index >= 15 is 0 Å². The van der Waals surface area contributed by atoms with Crippen LogP contribution < -0.4 is 5.73 Å². The van der Waals surface area contributed by atoms with Gasteiger partial charge in [-0.05, 0) is 0 Å². The van der Waals surface area contributed by atoms with E-state index in [4.69, 9.17) is 5.73 Å². The highest BCUT2D eigenvalue weighted by molar-refractivity contribution is 7.09. The van der Waals surface area contributed by atoms with Crippen molar-refractivity contribution in [2.75, 3.05) is 0 Å². The molecular formula is C10H9N4O2S. The lowest BCUT2D eigenvalue weighted by Gasteiger charge is -1.96. The number of aromatic nitrogens is 3. The first-order chi connectivity index (χ1) is 8.06. The Bertz CT molecular complexity index is 522. The van der Waals surface area contributed by atoms with Crippen molar-refractivity contribution < 1.29 is 9.59 Å². The second-order valence-electron chi connectivity index (χ2n) is 3.37. The van der Waals surface area contributed by atoms with Crippen LogP contribution in [0.1, 0.15) is 32.9 Å². The molecule has 0 aliphatic heterocycles. The molecule has 2 heterocycles. The summed E-state index contributed by atoms with van der Waals surface area (Å²) in [6.07, 6.45) is 1.52. The molecular weight excluding hydrogens is 240 g/mol. The second kappa shape index (κ2) is 4.46. The third kappa shape index (κ3) is 2.56. The summed E-state index contributed by atoms with van der Waals surface area (Å²) in [4.78, 5) is 26.0. The zero-order valence-corrected chi connectivity index (χ0v) is 9.82. The van der Waals surface area contributed by atoms with Crippen molar-refractivity contribution in [3.05, 3.63) is 34.0 Å². The van der Waals surface area contributed by atoms with E-state index in [0.717, 1.165) is 5.01 Å². The summed E-state index contributed by atoms with van der Waals surface area (Å²) in [5, 5.41) is 6.36. The minimum atomic E-state index is -0.618. The Morgan fingerprint density at radius 2 is 2.35 bits per heavy atom. The van der Waals surface area contributed by atoms with Crippen molar-refractivity contribution in [3.8, 4) is 0 Å². The van der Waals surface area contributed by atoms with Crippen LogP contribution in [0.15, 0.2) is 11.6 Å². The van der Waals surface area contributed by atoms with Gasteiger partial charge in [-0.3, -0.25) is 14.3 Å². The molecule has 6 nitrogen and oxygen atoms in total. The summed E-state index contributed by atoms with van der Waals surface area (Å²) in [6, 6.07) is 2.64. The molecule has 2 N–H and O–H groups in total. The molecule has 0 saturated carbocycles. The first-order valence-electron chi connectivity index (χ1n) is 4.76. The monoisotopic (exact) mass is 249 g/mol. The minimum Gasteiger partial charge on any atom is -0.364 e. The summed E-state index contributed by atoms with van der Waals surface area (Å²) in [5.41, 5.74) is 5.59. The Morgan fingerprint density at radius 3 is 2.88 bits per heavy atom. The minimum absolute atomic E-state index is 0.0719. The van der Waals surface area contributed by atoms with Crippen molar-refractivity contribution in [3.63, 3.8) is 0 Å². The van der Waals surface area contributed by atoms with Crippen LogP contribution >= 0.6 is 11.3 Å². The number of amides is 1. The van der Waals surface area contributed by atoms with Crippen LogP contribution in [0.25, 0.3) is 0 Å².